The third-order valence-corrected chi connectivity index (χ3v) is 0.415. The summed E-state index contributed by atoms with van der Waals surface area (Å²) in [5.74, 6) is -1.60. The molecular formula is C4H3F3O2. The molecule has 0 aliphatic rings. The van der Waals surface area contributed by atoms with Crippen LogP contribution in [0.3, 0.4) is 0 Å². The zero-order chi connectivity index (χ0) is 7.49. The largest absolute Gasteiger partial charge is 0.478 e. The van der Waals surface area contributed by atoms with Crippen molar-refractivity contribution in [2.24, 2.45) is 0 Å². The van der Waals surface area contributed by atoms with Gasteiger partial charge in [-0.3, -0.25) is 0 Å². The molecule has 0 amide bonds. The number of hydrogen-bond acceptors (Lipinski definition) is 1. The SMILES string of the molecule is O=C(O)/C=C\C(F)(F)F. The lowest BCUT2D eigenvalue weighted by Crippen LogP contribution is -2.02. The van der Waals surface area contributed by atoms with Crippen molar-refractivity contribution >= 4 is 5.97 Å². The van der Waals surface area contributed by atoms with E-state index in [-0.39, 0.29) is 12.2 Å². The van der Waals surface area contributed by atoms with Gasteiger partial charge in [0.15, 0.2) is 0 Å². The minimum absolute atomic E-state index is 0.0417. The van der Waals surface area contributed by atoms with Gasteiger partial charge in [-0.05, 0) is 0 Å². The number of rotatable bonds is 1. The maximum absolute atomic E-state index is 11.1. The number of carbonyl (C=O) groups is 1. The van der Waals surface area contributed by atoms with E-state index in [9.17, 15) is 18.0 Å². The molecule has 0 bridgehead atoms. The maximum Gasteiger partial charge on any atom is 0.410 e. The zero-order valence-electron chi connectivity index (χ0n) is 4.14. The van der Waals surface area contributed by atoms with E-state index in [0.29, 0.717) is 0 Å². The van der Waals surface area contributed by atoms with Crippen molar-refractivity contribution in [3.63, 3.8) is 0 Å². The number of allylic oxidation sites excluding steroid dienone is 1. The summed E-state index contributed by atoms with van der Waals surface area (Å²) in [6, 6.07) is 0. The predicted octanol–water partition coefficient (Wildman–Crippen LogP) is 1.19. The summed E-state index contributed by atoms with van der Waals surface area (Å²) < 4.78 is 33.2. The first-order valence-electron chi connectivity index (χ1n) is 1.91. The van der Waals surface area contributed by atoms with Crippen LogP contribution in [0.1, 0.15) is 0 Å². The van der Waals surface area contributed by atoms with Crippen molar-refractivity contribution in [3.05, 3.63) is 12.2 Å². The van der Waals surface area contributed by atoms with Gasteiger partial charge in [0.2, 0.25) is 0 Å². The van der Waals surface area contributed by atoms with Crippen LogP contribution < -0.4 is 0 Å². The summed E-state index contributed by atoms with van der Waals surface area (Å²) in [4.78, 5) is 9.46. The van der Waals surface area contributed by atoms with Gasteiger partial charge in [0.05, 0.1) is 0 Å². The molecule has 0 unspecified atom stereocenters. The molecule has 0 fully saturated rings. The summed E-state index contributed by atoms with van der Waals surface area (Å²) in [7, 11) is 0. The summed E-state index contributed by atoms with van der Waals surface area (Å²) in [6.07, 6.45) is -4.83. The van der Waals surface area contributed by atoms with E-state index in [4.69, 9.17) is 5.11 Å². The van der Waals surface area contributed by atoms with E-state index in [2.05, 4.69) is 0 Å². The molecule has 0 radical (unpaired) electrons. The standard InChI is InChI=1S/C4H3F3O2/c5-4(6,7)2-1-3(8)9/h1-2H,(H,8,9)/b2-1-. The van der Waals surface area contributed by atoms with Crippen molar-refractivity contribution in [1.82, 2.24) is 0 Å². The summed E-state index contributed by atoms with van der Waals surface area (Å²) in [5, 5.41) is 7.69. The van der Waals surface area contributed by atoms with Gasteiger partial charge >= 0.3 is 12.1 Å². The van der Waals surface area contributed by atoms with Crippen LogP contribution in [0.5, 0.6) is 0 Å². The Morgan fingerprint density at radius 1 is 1.44 bits per heavy atom. The molecule has 0 saturated heterocycles. The van der Waals surface area contributed by atoms with E-state index in [1.54, 1.807) is 0 Å². The highest BCUT2D eigenvalue weighted by Gasteiger charge is 2.22. The zero-order valence-corrected chi connectivity index (χ0v) is 4.14. The number of alkyl halides is 3. The second-order valence-electron chi connectivity index (χ2n) is 1.21. The highest BCUT2D eigenvalue weighted by molar-refractivity contribution is 5.79. The Labute approximate surface area is 48.6 Å². The third kappa shape index (κ3) is 7.00. The van der Waals surface area contributed by atoms with Crippen LogP contribution in [0.4, 0.5) is 13.2 Å². The van der Waals surface area contributed by atoms with Crippen LogP contribution in [-0.4, -0.2) is 17.3 Å². The fraction of sp³-hybridized carbons (Fsp3) is 0.250. The highest BCUT2D eigenvalue weighted by Crippen LogP contribution is 2.15. The molecule has 0 rings (SSSR count). The van der Waals surface area contributed by atoms with Gasteiger partial charge in [0, 0.05) is 12.2 Å². The van der Waals surface area contributed by atoms with Crippen molar-refractivity contribution in [2.75, 3.05) is 0 Å². The van der Waals surface area contributed by atoms with Crippen LogP contribution in [0.15, 0.2) is 12.2 Å². The Kier molecular flexibility index (Phi) is 2.24. The Morgan fingerprint density at radius 3 is 2.00 bits per heavy atom. The molecule has 0 spiro atoms. The Balaban J connectivity index is 3.86. The second-order valence-corrected chi connectivity index (χ2v) is 1.21. The number of aliphatic carboxylic acids is 1. The molecule has 0 aromatic heterocycles. The van der Waals surface area contributed by atoms with E-state index < -0.39 is 12.1 Å². The number of carboxylic acid groups (broad SMARTS) is 1. The molecule has 52 valence electrons. The molecule has 0 aliphatic heterocycles. The molecule has 2 nitrogen and oxygen atoms in total. The smallest absolute Gasteiger partial charge is 0.410 e. The van der Waals surface area contributed by atoms with Crippen molar-refractivity contribution in [1.29, 1.82) is 0 Å². The fourth-order valence-corrected chi connectivity index (χ4v) is 0.166. The van der Waals surface area contributed by atoms with Crippen molar-refractivity contribution in [3.8, 4) is 0 Å². The molecule has 0 aromatic rings. The maximum atomic E-state index is 11.1. The van der Waals surface area contributed by atoms with Crippen LogP contribution in [0.25, 0.3) is 0 Å². The van der Waals surface area contributed by atoms with E-state index in [1.165, 1.54) is 0 Å². The normalized spacial score (nSPS) is 12.3. The third-order valence-electron chi connectivity index (χ3n) is 0.415. The first-order chi connectivity index (χ1) is 3.92. The van der Waals surface area contributed by atoms with Gasteiger partial charge < -0.3 is 5.11 Å². The van der Waals surface area contributed by atoms with Gasteiger partial charge in [-0.2, -0.15) is 13.2 Å². The minimum atomic E-state index is -4.53. The molecule has 1 N–H and O–H groups in total. The molecular weight excluding hydrogens is 137 g/mol. The van der Waals surface area contributed by atoms with Crippen LogP contribution in [0, 0.1) is 0 Å². The van der Waals surface area contributed by atoms with E-state index >= 15 is 0 Å². The summed E-state index contributed by atoms with van der Waals surface area (Å²) >= 11 is 0. The molecule has 0 heterocycles. The monoisotopic (exact) mass is 140 g/mol. The molecule has 5 heteroatoms. The van der Waals surface area contributed by atoms with E-state index in [0.717, 1.165) is 0 Å². The lowest BCUT2D eigenvalue weighted by Gasteiger charge is -1.93. The Bertz CT molecular complexity index is 135. The fourth-order valence-electron chi connectivity index (χ4n) is 0.166. The molecule has 0 atom stereocenters. The number of hydrogen-bond donors (Lipinski definition) is 1. The Morgan fingerprint density at radius 2 is 1.89 bits per heavy atom. The predicted molar refractivity (Wildman–Crippen MR) is 22.8 cm³/mol. The van der Waals surface area contributed by atoms with Crippen molar-refractivity contribution in [2.45, 2.75) is 6.18 Å². The van der Waals surface area contributed by atoms with Gasteiger partial charge in [0.25, 0.3) is 0 Å². The summed E-state index contributed by atoms with van der Waals surface area (Å²) in [6.45, 7) is 0. The number of carboxylic acids is 1. The lowest BCUT2D eigenvalue weighted by molar-refractivity contribution is -0.132. The number of halogens is 3. The van der Waals surface area contributed by atoms with E-state index in [1.807, 2.05) is 0 Å². The van der Waals surface area contributed by atoms with Crippen LogP contribution >= 0.6 is 0 Å². The highest BCUT2D eigenvalue weighted by atomic mass is 19.4. The Hall–Kier alpha value is -1.00. The molecule has 0 aromatic carbocycles. The van der Waals surface area contributed by atoms with Crippen LogP contribution in [-0.2, 0) is 4.79 Å². The quantitative estimate of drug-likeness (QED) is 0.555. The molecule has 0 saturated carbocycles. The van der Waals surface area contributed by atoms with Gasteiger partial charge in [-0.1, -0.05) is 0 Å². The first kappa shape index (κ1) is 8.00. The average molecular weight is 140 g/mol. The molecule has 9 heavy (non-hydrogen) atoms. The second kappa shape index (κ2) is 2.52. The lowest BCUT2D eigenvalue weighted by atomic mass is 10.5. The minimum Gasteiger partial charge on any atom is -0.478 e. The first-order valence-corrected chi connectivity index (χ1v) is 1.91. The summed E-state index contributed by atoms with van der Waals surface area (Å²) in [5.41, 5.74) is 0. The van der Waals surface area contributed by atoms with Gasteiger partial charge in [-0.15, -0.1) is 0 Å². The van der Waals surface area contributed by atoms with Crippen molar-refractivity contribution < 1.29 is 23.1 Å². The van der Waals surface area contributed by atoms with Gasteiger partial charge in [0.1, 0.15) is 0 Å². The van der Waals surface area contributed by atoms with Gasteiger partial charge in [-0.25, -0.2) is 4.79 Å². The molecule has 0 aliphatic carbocycles. The average Bonchev–Trinajstić information content (AvgIpc) is 1.59. The van der Waals surface area contributed by atoms with Crippen LogP contribution in [0.2, 0.25) is 0 Å². The topological polar surface area (TPSA) is 37.3 Å².